The van der Waals surface area contributed by atoms with Gasteiger partial charge in [0.25, 0.3) is 0 Å². The van der Waals surface area contributed by atoms with Crippen molar-refractivity contribution >= 4 is 5.97 Å². The van der Waals surface area contributed by atoms with Crippen LogP contribution in [0.5, 0.6) is 0 Å². The predicted molar refractivity (Wildman–Crippen MR) is 51.3 cm³/mol. The SMILES string of the molecule is CC(C)OC(=O)Cc1cccc(F)c1F. The lowest BCUT2D eigenvalue weighted by molar-refractivity contribution is -0.146. The molecule has 82 valence electrons. The molecule has 0 unspecified atom stereocenters. The van der Waals surface area contributed by atoms with Crippen LogP contribution in [0.1, 0.15) is 19.4 Å². The Morgan fingerprint density at radius 1 is 1.40 bits per heavy atom. The Morgan fingerprint density at radius 3 is 2.67 bits per heavy atom. The topological polar surface area (TPSA) is 26.3 Å². The number of rotatable bonds is 3. The molecule has 2 nitrogen and oxygen atoms in total. The number of carbonyl (C=O) groups is 1. The number of ether oxygens (including phenoxy) is 1. The van der Waals surface area contributed by atoms with E-state index >= 15 is 0 Å². The number of hydrogen-bond acceptors (Lipinski definition) is 2. The lowest BCUT2D eigenvalue weighted by atomic mass is 10.1. The number of hydrogen-bond donors (Lipinski definition) is 0. The van der Waals surface area contributed by atoms with E-state index in [1.54, 1.807) is 13.8 Å². The lowest BCUT2D eigenvalue weighted by Gasteiger charge is -2.08. The second-order valence-corrected chi connectivity index (χ2v) is 3.43. The van der Waals surface area contributed by atoms with Crippen molar-refractivity contribution in [1.82, 2.24) is 0 Å². The van der Waals surface area contributed by atoms with Crippen molar-refractivity contribution < 1.29 is 18.3 Å². The fourth-order valence-corrected chi connectivity index (χ4v) is 1.15. The Morgan fingerprint density at radius 2 is 2.07 bits per heavy atom. The summed E-state index contributed by atoms with van der Waals surface area (Å²) < 4.78 is 30.7. The fraction of sp³-hybridized carbons (Fsp3) is 0.364. The second kappa shape index (κ2) is 4.87. The molecule has 0 amide bonds. The molecule has 4 heteroatoms. The normalized spacial score (nSPS) is 10.5. The molecule has 0 saturated heterocycles. The third-order valence-electron chi connectivity index (χ3n) is 1.73. The fourth-order valence-electron chi connectivity index (χ4n) is 1.15. The van der Waals surface area contributed by atoms with Crippen LogP contribution in [-0.4, -0.2) is 12.1 Å². The van der Waals surface area contributed by atoms with Gasteiger partial charge in [-0.05, 0) is 19.9 Å². The summed E-state index contributed by atoms with van der Waals surface area (Å²) in [4.78, 5) is 11.2. The summed E-state index contributed by atoms with van der Waals surface area (Å²) in [6.07, 6.45) is -0.504. The molecular weight excluding hydrogens is 202 g/mol. The Hall–Kier alpha value is -1.45. The van der Waals surface area contributed by atoms with Gasteiger partial charge in [0.1, 0.15) is 0 Å². The highest BCUT2D eigenvalue weighted by molar-refractivity contribution is 5.72. The Labute approximate surface area is 86.9 Å². The van der Waals surface area contributed by atoms with E-state index in [1.165, 1.54) is 12.1 Å². The standard InChI is InChI=1S/C11H12F2O2/c1-7(2)15-10(14)6-8-4-3-5-9(12)11(8)13/h3-5,7H,6H2,1-2H3. The molecular formula is C11H12F2O2. The second-order valence-electron chi connectivity index (χ2n) is 3.43. The lowest BCUT2D eigenvalue weighted by Crippen LogP contribution is -2.14. The highest BCUT2D eigenvalue weighted by Crippen LogP contribution is 2.12. The van der Waals surface area contributed by atoms with Crippen molar-refractivity contribution in [1.29, 1.82) is 0 Å². The molecule has 0 aliphatic rings. The minimum atomic E-state index is -0.988. The van der Waals surface area contributed by atoms with Gasteiger partial charge >= 0.3 is 5.97 Å². The zero-order valence-corrected chi connectivity index (χ0v) is 8.59. The summed E-state index contributed by atoms with van der Waals surface area (Å²) in [5.41, 5.74) is 0.0145. The van der Waals surface area contributed by atoms with Crippen molar-refractivity contribution in [3.8, 4) is 0 Å². The van der Waals surface area contributed by atoms with E-state index in [2.05, 4.69) is 0 Å². The van der Waals surface area contributed by atoms with Crippen LogP contribution in [0.4, 0.5) is 8.78 Å². The van der Waals surface area contributed by atoms with E-state index in [0.29, 0.717) is 0 Å². The van der Waals surface area contributed by atoms with Crippen LogP contribution in [-0.2, 0) is 16.0 Å². The molecule has 0 spiro atoms. The van der Waals surface area contributed by atoms with Crippen LogP contribution < -0.4 is 0 Å². The van der Waals surface area contributed by atoms with Gasteiger partial charge in [-0.25, -0.2) is 8.78 Å². The van der Waals surface area contributed by atoms with Gasteiger partial charge in [-0.2, -0.15) is 0 Å². The number of halogens is 2. The molecule has 0 aromatic heterocycles. The number of benzene rings is 1. The van der Waals surface area contributed by atoms with Crippen LogP contribution in [0.2, 0.25) is 0 Å². The smallest absolute Gasteiger partial charge is 0.310 e. The van der Waals surface area contributed by atoms with Crippen molar-refractivity contribution in [2.75, 3.05) is 0 Å². The molecule has 0 fully saturated rings. The molecule has 1 rings (SSSR count). The highest BCUT2D eigenvalue weighted by atomic mass is 19.2. The van der Waals surface area contributed by atoms with E-state index < -0.39 is 17.6 Å². The van der Waals surface area contributed by atoms with Gasteiger partial charge < -0.3 is 4.74 Å². The average molecular weight is 214 g/mol. The first kappa shape index (κ1) is 11.6. The largest absolute Gasteiger partial charge is 0.463 e. The molecule has 0 bridgehead atoms. The van der Waals surface area contributed by atoms with Gasteiger partial charge in [0, 0.05) is 5.56 Å². The molecule has 0 aliphatic heterocycles. The van der Waals surface area contributed by atoms with Crippen molar-refractivity contribution in [2.45, 2.75) is 26.4 Å². The molecule has 0 N–H and O–H groups in total. The minimum absolute atomic E-state index is 0.0145. The summed E-state index contributed by atoms with van der Waals surface area (Å²) in [6, 6.07) is 3.73. The first-order chi connectivity index (χ1) is 7.00. The van der Waals surface area contributed by atoms with Gasteiger partial charge in [0.2, 0.25) is 0 Å². The summed E-state index contributed by atoms with van der Waals surface area (Å²) in [7, 11) is 0. The molecule has 1 aromatic rings. The molecule has 0 heterocycles. The van der Waals surface area contributed by atoms with Gasteiger partial charge in [-0.1, -0.05) is 12.1 Å². The Bertz CT molecular complexity index is 362. The van der Waals surface area contributed by atoms with Crippen LogP contribution in [0.3, 0.4) is 0 Å². The van der Waals surface area contributed by atoms with Crippen molar-refractivity contribution in [2.24, 2.45) is 0 Å². The van der Waals surface area contributed by atoms with E-state index in [9.17, 15) is 13.6 Å². The van der Waals surface area contributed by atoms with Crippen molar-refractivity contribution in [3.05, 3.63) is 35.4 Å². The predicted octanol–water partition coefficient (Wildman–Crippen LogP) is 2.46. The highest BCUT2D eigenvalue weighted by Gasteiger charge is 2.13. The summed E-state index contributed by atoms with van der Waals surface area (Å²) in [5.74, 6) is -2.50. The van der Waals surface area contributed by atoms with Gasteiger partial charge in [0.15, 0.2) is 11.6 Å². The maximum atomic E-state index is 13.1. The number of esters is 1. The Balaban J connectivity index is 2.73. The molecule has 0 atom stereocenters. The van der Waals surface area contributed by atoms with E-state index in [-0.39, 0.29) is 18.1 Å². The average Bonchev–Trinajstić information content (AvgIpc) is 2.11. The Kier molecular flexibility index (Phi) is 3.77. The molecule has 0 radical (unpaired) electrons. The van der Waals surface area contributed by atoms with E-state index in [0.717, 1.165) is 6.07 Å². The molecule has 0 aliphatic carbocycles. The summed E-state index contributed by atoms with van der Waals surface area (Å²) in [6.45, 7) is 3.39. The molecule has 15 heavy (non-hydrogen) atoms. The molecule has 0 saturated carbocycles. The number of carbonyl (C=O) groups excluding carboxylic acids is 1. The zero-order valence-electron chi connectivity index (χ0n) is 8.59. The quantitative estimate of drug-likeness (QED) is 0.722. The zero-order chi connectivity index (χ0) is 11.4. The summed E-state index contributed by atoms with van der Waals surface area (Å²) in [5, 5.41) is 0. The third-order valence-corrected chi connectivity index (χ3v) is 1.73. The van der Waals surface area contributed by atoms with E-state index in [1.807, 2.05) is 0 Å². The molecule has 1 aromatic carbocycles. The third kappa shape index (κ3) is 3.31. The summed E-state index contributed by atoms with van der Waals surface area (Å²) >= 11 is 0. The van der Waals surface area contributed by atoms with E-state index in [4.69, 9.17) is 4.74 Å². The monoisotopic (exact) mass is 214 g/mol. The van der Waals surface area contributed by atoms with Crippen LogP contribution in [0, 0.1) is 11.6 Å². The van der Waals surface area contributed by atoms with Crippen LogP contribution >= 0.6 is 0 Å². The first-order valence-electron chi connectivity index (χ1n) is 4.63. The van der Waals surface area contributed by atoms with Gasteiger partial charge in [-0.3, -0.25) is 4.79 Å². The van der Waals surface area contributed by atoms with Crippen LogP contribution in [0.25, 0.3) is 0 Å². The maximum absolute atomic E-state index is 13.1. The van der Waals surface area contributed by atoms with Crippen molar-refractivity contribution in [3.63, 3.8) is 0 Å². The van der Waals surface area contributed by atoms with Crippen LogP contribution in [0.15, 0.2) is 18.2 Å². The first-order valence-corrected chi connectivity index (χ1v) is 4.63. The maximum Gasteiger partial charge on any atom is 0.310 e. The van der Waals surface area contributed by atoms with Gasteiger partial charge in [0.05, 0.1) is 12.5 Å². The van der Waals surface area contributed by atoms with Gasteiger partial charge in [-0.15, -0.1) is 0 Å². The minimum Gasteiger partial charge on any atom is -0.463 e.